The van der Waals surface area contributed by atoms with Crippen LogP contribution in [0.15, 0.2) is 54.6 Å². The number of benzene rings is 2. The highest BCUT2D eigenvalue weighted by Gasteiger charge is 2.06. The van der Waals surface area contributed by atoms with E-state index in [4.69, 9.17) is 19.7 Å². The van der Waals surface area contributed by atoms with Gasteiger partial charge in [0.25, 0.3) is 0 Å². The molecule has 2 aromatic carbocycles. The van der Waals surface area contributed by atoms with Crippen LogP contribution in [0.1, 0.15) is 135 Å². The predicted octanol–water partition coefficient (Wildman–Crippen LogP) is 9.49. The summed E-state index contributed by atoms with van der Waals surface area (Å²) in [6.07, 6.45) is 17.4. The third kappa shape index (κ3) is 26.5. The highest BCUT2D eigenvalue weighted by molar-refractivity contribution is 5.70. The van der Waals surface area contributed by atoms with Crippen molar-refractivity contribution in [3.8, 4) is 5.75 Å². The molecule has 0 saturated heterocycles. The van der Waals surface area contributed by atoms with Crippen molar-refractivity contribution in [3.05, 3.63) is 65.7 Å². The molecule has 0 fully saturated rings. The van der Waals surface area contributed by atoms with E-state index >= 15 is 0 Å². The lowest BCUT2D eigenvalue weighted by atomic mass is 10.1. The number of esters is 2. The molecule has 0 amide bonds. The molecule has 0 spiro atoms. The Morgan fingerprint density at radius 3 is 1.42 bits per heavy atom. The van der Waals surface area contributed by atoms with Crippen molar-refractivity contribution in [1.82, 2.24) is 0 Å². The van der Waals surface area contributed by atoms with Crippen LogP contribution in [0, 0.1) is 0 Å². The Hall–Kier alpha value is -2.86. The Morgan fingerprint density at radius 1 is 0.581 bits per heavy atom. The fraction of sp³-hybridized carbons (Fsp3) is 0.622. The number of aryl methyl sites for hydroxylation is 1. The van der Waals surface area contributed by atoms with Crippen molar-refractivity contribution >= 4 is 11.9 Å². The molecule has 0 aliphatic carbocycles. The van der Waals surface area contributed by atoms with E-state index in [-0.39, 0.29) is 18.5 Å². The fourth-order valence-electron chi connectivity index (χ4n) is 4.21. The highest BCUT2D eigenvalue weighted by atomic mass is 16.5. The quantitative estimate of drug-likeness (QED) is 0.109. The molecule has 244 valence electrons. The Balaban J connectivity index is 0.000000825. The Kier molecular flexibility index (Phi) is 28.6. The van der Waals surface area contributed by atoms with E-state index in [1.54, 1.807) is 6.07 Å². The van der Waals surface area contributed by atoms with E-state index in [2.05, 4.69) is 13.8 Å². The molecule has 2 rings (SSSR count). The normalized spacial score (nSPS) is 10.1. The Labute approximate surface area is 262 Å². The molecule has 0 bridgehead atoms. The summed E-state index contributed by atoms with van der Waals surface area (Å²) in [5, 5.41) is 17.6. The number of aliphatic hydroxyl groups excluding tert-OH is 1. The van der Waals surface area contributed by atoms with Gasteiger partial charge in [0.1, 0.15) is 5.75 Å². The van der Waals surface area contributed by atoms with Crippen LogP contribution in [-0.4, -0.2) is 35.4 Å². The zero-order valence-corrected chi connectivity index (χ0v) is 27.4. The Bertz CT molecular complexity index is 867. The minimum atomic E-state index is -0.140. The van der Waals surface area contributed by atoms with Gasteiger partial charge in [0.15, 0.2) is 0 Å². The summed E-state index contributed by atoms with van der Waals surface area (Å²) in [4.78, 5) is 23.2. The topological polar surface area (TPSA) is 93.1 Å². The minimum Gasteiger partial charge on any atom is -0.508 e. The van der Waals surface area contributed by atoms with Crippen LogP contribution in [-0.2, 0) is 32.1 Å². The van der Waals surface area contributed by atoms with Gasteiger partial charge in [0.2, 0.25) is 0 Å². The number of para-hydroxylation sites is 1. The second-order valence-electron chi connectivity index (χ2n) is 10.8. The molecule has 2 N–H and O–H groups in total. The van der Waals surface area contributed by atoms with Gasteiger partial charge < -0.3 is 19.7 Å². The summed E-state index contributed by atoms with van der Waals surface area (Å²) in [7, 11) is 0. The number of hydrogen-bond donors (Lipinski definition) is 2. The second-order valence-corrected chi connectivity index (χ2v) is 10.8. The monoisotopic (exact) mass is 600 g/mol. The average Bonchev–Trinajstić information content (AvgIpc) is 3.03. The summed E-state index contributed by atoms with van der Waals surface area (Å²) in [6.45, 7) is 7.64. The van der Waals surface area contributed by atoms with E-state index in [0.29, 0.717) is 44.6 Å². The number of carbonyl (C=O) groups is 2. The number of carbonyl (C=O) groups excluding carboxylic acids is 2. The molecule has 0 saturated carbocycles. The first-order valence-electron chi connectivity index (χ1n) is 16.7. The summed E-state index contributed by atoms with van der Waals surface area (Å²) in [6, 6.07) is 16.9. The van der Waals surface area contributed by atoms with Gasteiger partial charge in [-0.05, 0) is 49.3 Å². The van der Waals surface area contributed by atoms with Crippen molar-refractivity contribution in [2.45, 2.75) is 137 Å². The maximum atomic E-state index is 11.6. The number of ether oxygens (including phenoxy) is 2. The maximum Gasteiger partial charge on any atom is 0.305 e. The van der Waals surface area contributed by atoms with Crippen molar-refractivity contribution < 1.29 is 29.3 Å². The largest absolute Gasteiger partial charge is 0.508 e. The van der Waals surface area contributed by atoms with Gasteiger partial charge >= 0.3 is 11.9 Å². The van der Waals surface area contributed by atoms with E-state index < -0.39 is 0 Å². The molecule has 0 aliphatic heterocycles. The van der Waals surface area contributed by atoms with E-state index in [1.807, 2.05) is 55.5 Å². The van der Waals surface area contributed by atoms with E-state index in [9.17, 15) is 9.59 Å². The molecule has 0 aromatic heterocycles. The van der Waals surface area contributed by atoms with Gasteiger partial charge in [-0.15, -0.1) is 0 Å². The van der Waals surface area contributed by atoms with Gasteiger partial charge in [-0.1, -0.05) is 134 Å². The molecule has 0 atom stereocenters. The smallest absolute Gasteiger partial charge is 0.305 e. The first-order chi connectivity index (χ1) is 21.0. The number of phenols is 1. The van der Waals surface area contributed by atoms with Gasteiger partial charge in [-0.2, -0.15) is 0 Å². The molecule has 2 aromatic rings. The maximum absolute atomic E-state index is 11.6. The SMILES string of the molecule is CCCCCCCCOC(=O)CCCCC(=O)OCCCCCCCC.CCc1ccccc1O.OCc1ccccc1. The molecule has 0 radical (unpaired) electrons. The fourth-order valence-corrected chi connectivity index (χ4v) is 4.21. The molecule has 0 unspecified atom stereocenters. The number of hydrogen-bond acceptors (Lipinski definition) is 6. The van der Waals surface area contributed by atoms with Crippen LogP contribution >= 0.6 is 0 Å². The first kappa shape index (κ1) is 40.1. The van der Waals surface area contributed by atoms with Crippen molar-refractivity contribution in [2.24, 2.45) is 0 Å². The zero-order chi connectivity index (χ0) is 31.8. The Morgan fingerprint density at radius 2 is 1.02 bits per heavy atom. The van der Waals surface area contributed by atoms with Gasteiger partial charge in [0.05, 0.1) is 19.8 Å². The summed E-state index contributed by atoms with van der Waals surface area (Å²) in [5.74, 6) is 0.123. The number of rotatable bonds is 21. The summed E-state index contributed by atoms with van der Waals surface area (Å²) in [5.41, 5.74) is 1.98. The molecule has 0 aliphatic rings. The lowest BCUT2D eigenvalue weighted by Gasteiger charge is -2.06. The summed E-state index contributed by atoms with van der Waals surface area (Å²) >= 11 is 0. The van der Waals surface area contributed by atoms with Gasteiger partial charge in [-0.25, -0.2) is 0 Å². The van der Waals surface area contributed by atoms with Gasteiger partial charge in [0, 0.05) is 12.8 Å². The summed E-state index contributed by atoms with van der Waals surface area (Å²) < 4.78 is 10.4. The van der Waals surface area contributed by atoms with E-state index in [1.165, 1.54) is 51.4 Å². The number of phenolic OH excluding ortho intramolecular Hbond substituents is 1. The molecule has 6 heteroatoms. The third-order valence-electron chi connectivity index (χ3n) is 6.93. The predicted molar refractivity (Wildman–Crippen MR) is 177 cm³/mol. The molecule has 0 heterocycles. The van der Waals surface area contributed by atoms with Crippen LogP contribution in [0.4, 0.5) is 0 Å². The van der Waals surface area contributed by atoms with E-state index in [0.717, 1.165) is 43.2 Å². The third-order valence-corrected chi connectivity index (χ3v) is 6.93. The highest BCUT2D eigenvalue weighted by Crippen LogP contribution is 2.15. The minimum absolute atomic E-state index is 0.140. The lowest BCUT2D eigenvalue weighted by molar-refractivity contribution is -0.146. The van der Waals surface area contributed by atoms with Crippen molar-refractivity contribution in [1.29, 1.82) is 0 Å². The first-order valence-corrected chi connectivity index (χ1v) is 16.7. The van der Waals surface area contributed by atoms with Crippen LogP contribution in [0.25, 0.3) is 0 Å². The lowest BCUT2D eigenvalue weighted by Crippen LogP contribution is -2.08. The van der Waals surface area contributed by atoms with Crippen LogP contribution in [0.2, 0.25) is 0 Å². The second kappa shape index (κ2) is 30.6. The molecular weight excluding hydrogens is 540 g/mol. The average molecular weight is 601 g/mol. The molecule has 43 heavy (non-hydrogen) atoms. The van der Waals surface area contributed by atoms with Crippen LogP contribution < -0.4 is 0 Å². The van der Waals surface area contributed by atoms with Crippen LogP contribution in [0.5, 0.6) is 5.75 Å². The molecular formula is C37H60O6. The number of aromatic hydroxyl groups is 1. The van der Waals surface area contributed by atoms with Crippen LogP contribution in [0.3, 0.4) is 0 Å². The number of unbranched alkanes of at least 4 members (excludes halogenated alkanes) is 11. The molecule has 6 nitrogen and oxygen atoms in total. The standard InChI is InChI=1S/C22H42O4.C8H10O.C7H8O/c1-3-5-7-9-11-15-19-25-21(23)17-13-14-18-22(24)26-20-16-12-10-8-6-4-2;1-2-7-5-3-4-6-8(7)9;8-6-7-4-2-1-3-5-7/h3-20H2,1-2H3;3-6,9H,2H2,1H3;1-5,8H,6H2. The van der Waals surface area contributed by atoms with Gasteiger partial charge in [-0.3, -0.25) is 9.59 Å². The zero-order valence-electron chi connectivity index (χ0n) is 27.4. The number of aliphatic hydroxyl groups is 1. The van der Waals surface area contributed by atoms with Crippen molar-refractivity contribution in [2.75, 3.05) is 13.2 Å². The van der Waals surface area contributed by atoms with Crippen molar-refractivity contribution in [3.63, 3.8) is 0 Å².